The van der Waals surface area contributed by atoms with Crippen LogP contribution in [0.25, 0.3) is 0 Å². The van der Waals surface area contributed by atoms with Crippen LogP contribution in [-0.4, -0.2) is 27.6 Å². The third-order valence-corrected chi connectivity index (χ3v) is 6.42. The first-order chi connectivity index (χ1) is 8.90. The van der Waals surface area contributed by atoms with E-state index in [2.05, 4.69) is 19.2 Å². The highest BCUT2D eigenvalue weighted by Crippen LogP contribution is 2.45. The van der Waals surface area contributed by atoms with Crippen molar-refractivity contribution in [3.05, 3.63) is 0 Å². The number of rotatable bonds is 2. The molecule has 0 aromatic heterocycles. The largest absolute Gasteiger partial charge is 0.304 e. The van der Waals surface area contributed by atoms with Gasteiger partial charge in [0.25, 0.3) is 0 Å². The topological polar surface area (TPSA) is 58.5 Å². The van der Waals surface area contributed by atoms with Crippen LogP contribution < -0.4 is 5.32 Å². The van der Waals surface area contributed by atoms with Gasteiger partial charge < -0.3 is 5.32 Å². The number of nitrogens with one attached hydrogen (secondary N) is 1. The number of thioether (sulfide) groups is 1. The van der Waals surface area contributed by atoms with Crippen LogP contribution in [0, 0.1) is 17.8 Å². The Hall–Kier alpha value is -0.840. The smallest absolute Gasteiger partial charge is 0.242 e. The normalized spacial score (nSPS) is 43.6. The first kappa shape index (κ1) is 13.2. The van der Waals surface area contributed by atoms with Gasteiger partial charge in [-0.25, -0.2) is 0 Å². The molecule has 3 fully saturated rings. The molecule has 3 rings (SSSR count). The Morgan fingerprint density at radius 2 is 2.11 bits per heavy atom. The van der Waals surface area contributed by atoms with Gasteiger partial charge in [0.15, 0.2) is 5.17 Å². The lowest BCUT2D eigenvalue weighted by Gasteiger charge is -2.23. The molecule has 1 saturated heterocycles. The summed E-state index contributed by atoms with van der Waals surface area (Å²) in [6.45, 7) is 6.10. The van der Waals surface area contributed by atoms with E-state index >= 15 is 0 Å². The molecule has 104 valence electrons. The minimum atomic E-state index is -0.410. The van der Waals surface area contributed by atoms with Gasteiger partial charge in [-0.05, 0) is 31.6 Å². The van der Waals surface area contributed by atoms with Crippen molar-refractivity contribution in [1.82, 2.24) is 5.32 Å². The molecule has 2 saturated carbocycles. The Labute approximate surface area is 117 Å². The highest BCUT2D eigenvalue weighted by molar-refractivity contribution is 8.16. The number of amidine groups is 1. The van der Waals surface area contributed by atoms with Crippen LogP contribution in [0.15, 0.2) is 4.99 Å². The van der Waals surface area contributed by atoms with Crippen molar-refractivity contribution in [2.24, 2.45) is 22.7 Å². The number of aliphatic imine (C=N–C) groups is 1. The highest BCUT2D eigenvalue weighted by atomic mass is 32.2. The van der Waals surface area contributed by atoms with Gasteiger partial charge >= 0.3 is 0 Å². The number of carbonyl (C=O) groups is 2. The van der Waals surface area contributed by atoms with E-state index in [-0.39, 0.29) is 23.8 Å². The lowest BCUT2D eigenvalue weighted by molar-refractivity contribution is -0.122. The van der Waals surface area contributed by atoms with Crippen LogP contribution >= 0.6 is 11.8 Å². The van der Waals surface area contributed by atoms with E-state index in [1.807, 2.05) is 6.92 Å². The summed E-state index contributed by atoms with van der Waals surface area (Å²) >= 11 is 1.55. The van der Waals surface area contributed by atoms with Crippen LogP contribution in [0.4, 0.5) is 0 Å². The predicted molar refractivity (Wildman–Crippen MR) is 76.0 cm³/mol. The minimum Gasteiger partial charge on any atom is -0.304 e. The van der Waals surface area contributed by atoms with Crippen molar-refractivity contribution < 1.29 is 9.59 Å². The first-order valence-corrected chi connectivity index (χ1v) is 7.82. The summed E-state index contributed by atoms with van der Waals surface area (Å²) in [5, 5.41) is 3.67. The minimum absolute atomic E-state index is 0.0606. The van der Waals surface area contributed by atoms with E-state index in [1.54, 1.807) is 11.8 Å². The summed E-state index contributed by atoms with van der Waals surface area (Å²) < 4.78 is -0.410. The molecule has 4 unspecified atom stereocenters. The van der Waals surface area contributed by atoms with Crippen molar-refractivity contribution >= 4 is 28.6 Å². The number of hydrogen-bond acceptors (Lipinski definition) is 4. The molecule has 0 radical (unpaired) electrons. The van der Waals surface area contributed by atoms with Crippen molar-refractivity contribution in [2.45, 2.75) is 50.8 Å². The van der Waals surface area contributed by atoms with Crippen LogP contribution in [0.2, 0.25) is 0 Å². The Bertz CT molecular complexity index is 474. The number of Topliss-reactive ketones (excluding diaryl/α,β-unsaturated/α-hetero) is 1. The molecule has 1 amide bonds. The lowest BCUT2D eigenvalue weighted by Crippen LogP contribution is -2.38. The second-order valence-corrected chi connectivity index (χ2v) is 7.86. The van der Waals surface area contributed by atoms with E-state index in [0.717, 1.165) is 18.0 Å². The van der Waals surface area contributed by atoms with Gasteiger partial charge in [0.05, 0.1) is 6.04 Å². The molecule has 2 aliphatic carbocycles. The molecule has 0 aromatic carbocycles. The molecule has 4 nitrogen and oxygen atoms in total. The zero-order valence-electron chi connectivity index (χ0n) is 11.6. The Morgan fingerprint density at radius 1 is 1.37 bits per heavy atom. The standard InChI is InChI=1S/C14H20N2O2S/c1-7(2)14(3)12(18)16-13(19-14)15-10-5-9-4-8(10)6-11(9)17/h7-10H,4-6H2,1-3H3,(H,15,16,18). The summed E-state index contributed by atoms with van der Waals surface area (Å²) in [5.41, 5.74) is 0. The fourth-order valence-corrected chi connectivity index (χ4v) is 4.36. The van der Waals surface area contributed by atoms with E-state index in [1.165, 1.54) is 0 Å². The van der Waals surface area contributed by atoms with Gasteiger partial charge in [-0.2, -0.15) is 0 Å². The van der Waals surface area contributed by atoms with Crippen LogP contribution in [0.5, 0.6) is 0 Å². The molecular weight excluding hydrogens is 260 g/mol. The lowest BCUT2D eigenvalue weighted by atomic mass is 9.95. The van der Waals surface area contributed by atoms with Crippen molar-refractivity contribution in [3.63, 3.8) is 0 Å². The summed E-state index contributed by atoms with van der Waals surface area (Å²) in [6, 6.07) is 0.236. The SMILES string of the molecule is CC(C)C1(C)SC(=NC2CC3CC2CC3=O)NC1=O. The maximum atomic E-state index is 12.1. The van der Waals surface area contributed by atoms with E-state index < -0.39 is 4.75 Å². The van der Waals surface area contributed by atoms with Crippen LogP contribution in [0.1, 0.15) is 40.0 Å². The molecule has 5 heteroatoms. The number of nitrogens with zero attached hydrogens (tertiary/aromatic N) is 1. The van der Waals surface area contributed by atoms with Crippen molar-refractivity contribution in [2.75, 3.05) is 0 Å². The highest BCUT2D eigenvalue weighted by Gasteiger charge is 2.48. The third kappa shape index (κ3) is 2.02. The fraction of sp³-hybridized carbons (Fsp3) is 0.786. The summed E-state index contributed by atoms with van der Waals surface area (Å²) in [5.74, 6) is 1.39. The average Bonchev–Trinajstić information content (AvgIpc) is 2.94. The molecule has 4 atom stereocenters. The molecule has 1 aliphatic heterocycles. The zero-order chi connectivity index (χ0) is 13.8. The molecule has 19 heavy (non-hydrogen) atoms. The van der Waals surface area contributed by atoms with E-state index in [4.69, 9.17) is 4.99 Å². The Balaban J connectivity index is 1.74. The molecule has 1 N–H and O–H groups in total. The second-order valence-electron chi connectivity index (χ2n) is 6.42. The van der Waals surface area contributed by atoms with E-state index in [0.29, 0.717) is 18.1 Å². The quantitative estimate of drug-likeness (QED) is 0.841. The Morgan fingerprint density at radius 3 is 2.58 bits per heavy atom. The van der Waals surface area contributed by atoms with Crippen LogP contribution in [-0.2, 0) is 9.59 Å². The van der Waals surface area contributed by atoms with Crippen LogP contribution in [0.3, 0.4) is 0 Å². The Kier molecular flexibility index (Phi) is 3.00. The summed E-state index contributed by atoms with van der Waals surface area (Å²) in [6.07, 6.45) is 2.56. The number of carbonyl (C=O) groups excluding carboxylic acids is 2. The number of ketones is 1. The summed E-state index contributed by atoms with van der Waals surface area (Å²) in [7, 11) is 0. The maximum Gasteiger partial charge on any atom is 0.242 e. The number of fused-ring (bicyclic) bond motifs is 2. The average molecular weight is 280 g/mol. The van der Waals surface area contributed by atoms with Crippen molar-refractivity contribution in [1.29, 1.82) is 0 Å². The fourth-order valence-electron chi connectivity index (χ4n) is 3.25. The van der Waals surface area contributed by atoms with E-state index in [9.17, 15) is 9.59 Å². The number of amides is 1. The molecule has 0 aromatic rings. The predicted octanol–water partition coefficient (Wildman–Crippen LogP) is 1.99. The monoisotopic (exact) mass is 280 g/mol. The van der Waals surface area contributed by atoms with Gasteiger partial charge in [-0.3, -0.25) is 14.6 Å². The van der Waals surface area contributed by atoms with Gasteiger partial charge in [0.1, 0.15) is 10.5 Å². The van der Waals surface area contributed by atoms with Crippen molar-refractivity contribution in [3.8, 4) is 0 Å². The third-order valence-electron chi connectivity index (χ3n) is 4.94. The van der Waals surface area contributed by atoms with Gasteiger partial charge in [0.2, 0.25) is 5.91 Å². The molecule has 3 aliphatic rings. The number of hydrogen-bond donors (Lipinski definition) is 1. The van der Waals surface area contributed by atoms with Gasteiger partial charge in [0, 0.05) is 12.3 Å². The molecule has 1 heterocycles. The first-order valence-electron chi connectivity index (χ1n) is 7.01. The maximum absolute atomic E-state index is 12.1. The van der Waals surface area contributed by atoms with Gasteiger partial charge in [-0.15, -0.1) is 0 Å². The zero-order valence-corrected chi connectivity index (χ0v) is 12.4. The summed E-state index contributed by atoms with van der Waals surface area (Å²) in [4.78, 5) is 28.3. The molecule has 2 bridgehead atoms. The second kappa shape index (κ2) is 4.33. The molecule has 0 spiro atoms. The van der Waals surface area contributed by atoms with Gasteiger partial charge in [-0.1, -0.05) is 25.6 Å². The molecular formula is C14H20N2O2S.